The van der Waals surface area contributed by atoms with Gasteiger partial charge < -0.3 is 15.4 Å². The zero-order valence-electron chi connectivity index (χ0n) is 13.9. The molecule has 1 saturated heterocycles. The highest BCUT2D eigenvalue weighted by Gasteiger charge is 2.27. The number of nitrogen functional groups attached to an aromatic ring is 1. The van der Waals surface area contributed by atoms with Crippen molar-refractivity contribution >= 4 is 43.6 Å². The number of likely N-dealkylation sites (tertiary alicyclic amines) is 1. The third-order valence-electron chi connectivity index (χ3n) is 3.95. The number of anilines is 1. The number of carbonyl (C=O) groups excluding carboxylic acids is 1. The van der Waals surface area contributed by atoms with Gasteiger partial charge in [-0.3, -0.25) is 0 Å². The number of nitrogens with two attached hydrogens (primary N) is 1. The van der Waals surface area contributed by atoms with Crippen LogP contribution in [0.25, 0.3) is 0 Å². The molecule has 0 aromatic heterocycles. The van der Waals surface area contributed by atoms with Gasteiger partial charge in [-0.05, 0) is 79.6 Å². The van der Waals surface area contributed by atoms with Crippen LogP contribution in [0.5, 0.6) is 0 Å². The maximum absolute atomic E-state index is 12.1. The van der Waals surface area contributed by atoms with Crippen LogP contribution in [0.2, 0.25) is 0 Å². The Morgan fingerprint density at radius 1 is 1.30 bits per heavy atom. The summed E-state index contributed by atoms with van der Waals surface area (Å²) in [5, 5.41) is 0. The van der Waals surface area contributed by atoms with Crippen LogP contribution in [0.3, 0.4) is 0 Å². The average molecular weight is 448 g/mol. The summed E-state index contributed by atoms with van der Waals surface area (Å²) in [6, 6.07) is 4.05. The molecule has 23 heavy (non-hydrogen) atoms. The van der Waals surface area contributed by atoms with E-state index in [-0.39, 0.29) is 6.09 Å². The summed E-state index contributed by atoms with van der Waals surface area (Å²) in [6.07, 6.45) is 2.68. The van der Waals surface area contributed by atoms with E-state index in [1.54, 1.807) is 0 Å². The predicted molar refractivity (Wildman–Crippen MR) is 100 cm³/mol. The zero-order valence-corrected chi connectivity index (χ0v) is 17.0. The molecule has 6 heteroatoms. The van der Waals surface area contributed by atoms with Crippen molar-refractivity contribution in [2.24, 2.45) is 5.92 Å². The summed E-state index contributed by atoms with van der Waals surface area (Å²) in [6.45, 7) is 7.17. The van der Waals surface area contributed by atoms with Gasteiger partial charge in [0.15, 0.2) is 0 Å². The van der Waals surface area contributed by atoms with Gasteiger partial charge in [-0.1, -0.05) is 15.9 Å². The Bertz CT molecular complexity index is 577. The maximum Gasteiger partial charge on any atom is 0.410 e. The molecule has 0 aliphatic carbocycles. The van der Waals surface area contributed by atoms with Crippen molar-refractivity contribution in [2.45, 2.75) is 45.6 Å². The van der Waals surface area contributed by atoms with Gasteiger partial charge in [0.25, 0.3) is 0 Å². The lowest BCUT2D eigenvalue weighted by Crippen LogP contribution is -2.42. The number of hydrogen-bond donors (Lipinski definition) is 1. The predicted octanol–water partition coefficient (Wildman–Crippen LogP) is 4.98. The Labute approximate surface area is 155 Å². The molecule has 0 unspecified atom stereocenters. The SMILES string of the molecule is CC(C)(C)OC(=O)N1CCC(Cc2cc(Br)cc(Br)c2N)CC1. The summed E-state index contributed by atoms with van der Waals surface area (Å²) in [4.78, 5) is 13.9. The third kappa shape index (κ3) is 5.38. The molecule has 0 bridgehead atoms. The molecule has 1 heterocycles. The van der Waals surface area contributed by atoms with E-state index in [4.69, 9.17) is 10.5 Å². The van der Waals surface area contributed by atoms with Gasteiger partial charge in [0.2, 0.25) is 0 Å². The van der Waals surface area contributed by atoms with Crippen LogP contribution >= 0.6 is 31.9 Å². The molecule has 128 valence electrons. The number of nitrogens with zero attached hydrogens (tertiary/aromatic N) is 1. The summed E-state index contributed by atoms with van der Waals surface area (Å²) in [5.41, 5.74) is 7.68. The van der Waals surface area contributed by atoms with E-state index in [0.29, 0.717) is 5.92 Å². The topological polar surface area (TPSA) is 55.6 Å². The highest BCUT2D eigenvalue weighted by atomic mass is 79.9. The molecule has 1 aliphatic rings. The average Bonchev–Trinajstić information content (AvgIpc) is 2.43. The van der Waals surface area contributed by atoms with Crippen LogP contribution in [-0.2, 0) is 11.2 Å². The molecule has 1 aliphatic heterocycles. The van der Waals surface area contributed by atoms with Crippen molar-refractivity contribution in [3.05, 3.63) is 26.6 Å². The summed E-state index contributed by atoms with van der Waals surface area (Å²) < 4.78 is 7.39. The number of benzene rings is 1. The van der Waals surface area contributed by atoms with Crippen LogP contribution in [0.1, 0.15) is 39.2 Å². The highest BCUT2D eigenvalue weighted by Crippen LogP contribution is 2.32. The second-order valence-corrected chi connectivity index (χ2v) is 8.85. The lowest BCUT2D eigenvalue weighted by Gasteiger charge is -2.33. The van der Waals surface area contributed by atoms with Crippen molar-refractivity contribution in [1.29, 1.82) is 0 Å². The first kappa shape index (κ1) is 18.6. The fourth-order valence-corrected chi connectivity index (χ4v) is 4.08. The van der Waals surface area contributed by atoms with E-state index in [2.05, 4.69) is 37.9 Å². The van der Waals surface area contributed by atoms with Crippen LogP contribution in [0.4, 0.5) is 10.5 Å². The van der Waals surface area contributed by atoms with Crippen molar-refractivity contribution < 1.29 is 9.53 Å². The van der Waals surface area contributed by atoms with Gasteiger partial charge in [0.1, 0.15) is 5.60 Å². The first-order chi connectivity index (χ1) is 10.7. The minimum Gasteiger partial charge on any atom is -0.444 e. The van der Waals surface area contributed by atoms with Gasteiger partial charge >= 0.3 is 6.09 Å². The molecule has 2 N–H and O–H groups in total. The van der Waals surface area contributed by atoms with Gasteiger partial charge in [-0.15, -0.1) is 0 Å². The lowest BCUT2D eigenvalue weighted by molar-refractivity contribution is 0.0184. The number of halogens is 2. The van der Waals surface area contributed by atoms with Crippen LogP contribution in [0, 0.1) is 5.92 Å². The Hall–Kier alpha value is -0.750. The maximum atomic E-state index is 12.1. The van der Waals surface area contributed by atoms with E-state index in [1.807, 2.05) is 31.7 Å². The zero-order chi connectivity index (χ0) is 17.2. The van der Waals surface area contributed by atoms with E-state index < -0.39 is 5.60 Å². The second-order valence-electron chi connectivity index (χ2n) is 7.08. The summed E-state index contributed by atoms with van der Waals surface area (Å²) in [5.74, 6) is 0.539. The van der Waals surface area contributed by atoms with Crippen molar-refractivity contribution in [3.8, 4) is 0 Å². The van der Waals surface area contributed by atoms with Gasteiger partial charge in [0, 0.05) is 27.7 Å². The Balaban J connectivity index is 1.92. The highest BCUT2D eigenvalue weighted by molar-refractivity contribution is 9.11. The molecule has 0 radical (unpaired) electrons. The van der Waals surface area contributed by atoms with Crippen molar-refractivity contribution in [3.63, 3.8) is 0 Å². The molecule has 4 nitrogen and oxygen atoms in total. The second kappa shape index (κ2) is 7.43. The fourth-order valence-electron chi connectivity index (χ4n) is 2.76. The smallest absolute Gasteiger partial charge is 0.410 e. The number of hydrogen-bond acceptors (Lipinski definition) is 3. The Kier molecular flexibility index (Phi) is 6.00. The van der Waals surface area contributed by atoms with Crippen LogP contribution < -0.4 is 5.73 Å². The molecule has 1 aromatic rings. The van der Waals surface area contributed by atoms with Crippen LogP contribution in [0.15, 0.2) is 21.1 Å². The van der Waals surface area contributed by atoms with Gasteiger partial charge in [-0.2, -0.15) is 0 Å². The standard InChI is InChI=1S/C17H24Br2N2O2/c1-17(2,3)23-16(22)21-6-4-11(5-7-21)8-12-9-13(18)10-14(19)15(12)20/h9-11H,4-8,20H2,1-3H3. The molecule has 1 aromatic carbocycles. The molecular formula is C17H24Br2N2O2. The minimum atomic E-state index is -0.440. The largest absolute Gasteiger partial charge is 0.444 e. The first-order valence-electron chi connectivity index (χ1n) is 7.87. The molecular weight excluding hydrogens is 424 g/mol. The lowest BCUT2D eigenvalue weighted by atomic mass is 9.90. The van der Waals surface area contributed by atoms with Gasteiger partial charge in [-0.25, -0.2) is 4.79 Å². The summed E-state index contributed by atoms with van der Waals surface area (Å²) in [7, 11) is 0. The summed E-state index contributed by atoms with van der Waals surface area (Å²) >= 11 is 7.01. The number of carbonyl (C=O) groups is 1. The quantitative estimate of drug-likeness (QED) is 0.650. The van der Waals surface area contributed by atoms with E-state index in [0.717, 1.165) is 52.5 Å². The number of piperidine rings is 1. The first-order valence-corrected chi connectivity index (χ1v) is 9.45. The van der Waals surface area contributed by atoms with Crippen molar-refractivity contribution in [2.75, 3.05) is 18.8 Å². The molecule has 1 amide bonds. The normalized spacial score (nSPS) is 16.5. The molecule has 2 rings (SSSR count). The van der Waals surface area contributed by atoms with Gasteiger partial charge in [0.05, 0.1) is 0 Å². The van der Waals surface area contributed by atoms with Crippen molar-refractivity contribution in [1.82, 2.24) is 4.90 Å². The fraction of sp³-hybridized carbons (Fsp3) is 0.588. The number of ether oxygens (including phenoxy) is 1. The number of amides is 1. The molecule has 0 atom stereocenters. The molecule has 0 spiro atoms. The number of rotatable bonds is 2. The third-order valence-corrected chi connectivity index (χ3v) is 5.07. The van der Waals surface area contributed by atoms with Crippen LogP contribution in [-0.4, -0.2) is 29.7 Å². The Morgan fingerprint density at radius 3 is 2.48 bits per heavy atom. The van der Waals surface area contributed by atoms with E-state index in [9.17, 15) is 4.79 Å². The van der Waals surface area contributed by atoms with E-state index >= 15 is 0 Å². The monoisotopic (exact) mass is 446 g/mol. The van der Waals surface area contributed by atoms with E-state index in [1.165, 1.54) is 0 Å². The Morgan fingerprint density at radius 2 is 1.91 bits per heavy atom. The minimum absolute atomic E-state index is 0.208. The molecule has 1 fully saturated rings. The molecule has 0 saturated carbocycles.